The number of benzene rings is 1. The van der Waals surface area contributed by atoms with Crippen LogP contribution in [0.5, 0.6) is 11.5 Å². The van der Waals surface area contributed by atoms with Crippen LogP contribution in [0.4, 0.5) is 0 Å². The number of hydrogen-bond donors (Lipinski definition) is 2. The molecular formula is C19H26O2. The van der Waals surface area contributed by atoms with Crippen molar-refractivity contribution in [3.63, 3.8) is 0 Å². The fourth-order valence-corrected chi connectivity index (χ4v) is 3.20. The molecule has 0 aliphatic heterocycles. The molecule has 0 radical (unpaired) electrons. The third kappa shape index (κ3) is 3.31. The van der Waals surface area contributed by atoms with Crippen molar-refractivity contribution in [1.29, 1.82) is 0 Å². The summed E-state index contributed by atoms with van der Waals surface area (Å²) in [6.07, 6.45) is 5.09. The van der Waals surface area contributed by atoms with Gasteiger partial charge in [0.1, 0.15) is 11.5 Å². The average molecular weight is 289 g/mol. The summed E-state index contributed by atoms with van der Waals surface area (Å²) in [5.74, 6) is -0.645. The van der Waals surface area contributed by atoms with Crippen LogP contribution >= 0.6 is 0 Å². The first-order valence-corrected chi connectivity index (χ1v) is 7.56. The molecule has 2 rings (SSSR count). The van der Waals surface area contributed by atoms with E-state index in [4.69, 9.17) is 4.11 Å². The molecule has 0 amide bonds. The van der Waals surface area contributed by atoms with E-state index in [1.54, 1.807) is 12.1 Å². The second-order valence-electron chi connectivity index (χ2n) is 6.01. The van der Waals surface area contributed by atoms with Gasteiger partial charge >= 0.3 is 0 Å². The number of rotatable bonds is 4. The van der Waals surface area contributed by atoms with Crippen LogP contribution in [0, 0.1) is 5.92 Å². The Labute approximate surface area is 132 Å². The molecule has 0 spiro atoms. The molecule has 0 fully saturated rings. The van der Waals surface area contributed by atoms with E-state index in [1.807, 2.05) is 19.9 Å². The van der Waals surface area contributed by atoms with Crippen LogP contribution < -0.4 is 0 Å². The Morgan fingerprint density at radius 1 is 1.38 bits per heavy atom. The van der Waals surface area contributed by atoms with Crippen LogP contribution in [0.2, 0.25) is 0 Å². The van der Waals surface area contributed by atoms with Gasteiger partial charge in [0, 0.05) is 15.6 Å². The SMILES string of the molecule is [2H]C([2H])([2H])C(=C)[C@@H]1CCC(C)=C[C@H]1c1c(O)cc(CCC)cc1O. The standard InChI is InChI=1S/C19H26O2/c1-5-6-14-10-17(20)19(18(21)11-14)16-9-13(4)7-8-15(16)12(2)3/h9-11,15-16,20-21H,2,5-8H2,1,3-4H3/t15-,16+/m0/s1/i3D3. The first kappa shape index (κ1) is 11.9. The normalized spacial score (nSPS) is 24.7. The van der Waals surface area contributed by atoms with Gasteiger partial charge in [-0.15, -0.1) is 0 Å². The maximum atomic E-state index is 10.5. The molecule has 0 saturated carbocycles. The maximum Gasteiger partial charge on any atom is 0.123 e. The summed E-state index contributed by atoms with van der Waals surface area (Å²) in [5, 5.41) is 21.0. The van der Waals surface area contributed by atoms with Crippen molar-refractivity contribution < 1.29 is 14.3 Å². The minimum absolute atomic E-state index is 0.0257. The number of phenolic OH excluding ortho intramolecular Hbond substituents is 2. The number of hydrogen-bond acceptors (Lipinski definition) is 2. The zero-order chi connectivity index (χ0) is 18.1. The van der Waals surface area contributed by atoms with Gasteiger partial charge in [0.05, 0.1) is 0 Å². The topological polar surface area (TPSA) is 40.5 Å². The molecule has 0 bridgehead atoms. The van der Waals surface area contributed by atoms with Gasteiger partial charge < -0.3 is 10.2 Å². The van der Waals surface area contributed by atoms with Gasteiger partial charge in [-0.25, -0.2) is 0 Å². The molecule has 0 aromatic heterocycles. The third-order valence-electron chi connectivity index (χ3n) is 4.26. The Morgan fingerprint density at radius 3 is 2.62 bits per heavy atom. The molecule has 1 aromatic carbocycles. The Balaban J connectivity index is 2.50. The Morgan fingerprint density at radius 2 is 2.05 bits per heavy atom. The number of phenols is 2. The second-order valence-corrected chi connectivity index (χ2v) is 6.01. The summed E-state index contributed by atoms with van der Waals surface area (Å²) in [4.78, 5) is 0. The van der Waals surface area contributed by atoms with E-state index >= 15 is 0 Å². The fourth-order valence-electron chi connectivity index (χ4n) is 3.20. The minimum atomic E-state index is -2.24. The summed E-state index contributed by atoms with van der Waals surface area (Å²) in [5.41, 5.74) is 2.60. The molecule has 0 heterocycles. The summed E-state index contributed by atoms with van der Waals surface area (Å²) in [7, 11) is 0. The van der Waals surface area contributed by atoms with Crippen molar-refractivity contribution in [2.24, 2.45) is 5.92 Å². The molecule has 2 nitrogen and oxygen atoms in total. The Bertz CT molecular complexity index is 636. The van der Waals surface area contributed by atoms with Crippen molar-refractivity contribution >= 4 is 0 Å². The quantitative estimate of drug-likeness (QED) is 0.760. The van der Waals surface area contributed by atoms with Crippen LogP contribution in [0.15, 0.2) is 35.9 Å². The molecule has 1 aliphatic rings. The molecule has 0 unspecified atom stereocenters. The zero-order valence-corrected chi connectivity index (χ0v) is 12.8. The summed E-state index contributed by atoms with van der Waals surface area (Å²) < 4.78 is 23.0. The molecule has 2 heteroatoms. The van der Waals surface area contributed by atoms with Gasteiger partial charge in [-0.3, -0.25) is 0 Å². The van der Waals surface area contributed by atoms with E-state index in [9.17, 15) is 10.2 Å². The highest BCUT2D eigenvalue weighted by Gasteiger charge is 2.29. The lowest BCUT2D eigenvalue weighted by Gasteiger charge is -2.31. The highest BCUT2D eigenvalue weighted by Crippen LogP contribution is 2.46. The Hall–Kier alpha value is -1.70. The third-order valence-corrected chi connectivity index (χ3v) is 4.26. The lowest BCUT2D eigenvalue weighted by Crippen LogP contribution is -2.17. The van der Waals surface area contributed by atoms with Crippen LogP contribution in [0.25, 0.3) is 0 Å². The molecular weight excluding hydrogens is 260 g/mol. The molecule has 0 saturated heterocycles. The van der Waals surface area contributed by atoms with E-state index < -0.39 is 6.85 Å². The summed E-state index contributed by atoms with van der Waals surface area (Å²) >= 11 is 0. The van der Waals surface area contributed by atoms with E-state index in [2.05, 4.69) is 6.58 Å². The van der Waals surface area contributed by atoms with E-state index in [0.29, 0.717) is 12.0 Å². The van der Waals surface area contributed by atoms with Crippen LogP contribution in [0.1, 0.15) is 61.1 Å². The highest BCUT2D eigenvalue weighted by atomic mass is 16.3. The van der Waals surface area contributed by atoms with Crippen molar-refractivity contribution in [1.82, 2.24) is 0 Å². The monoisotopic (exact) mass is 289 g/mol. The van der Waals surface area contributed by atoms with Gasteiger partial charge in [-0.2, -0.15) is 0 Å². The molecule has 1 aromatic rings. The van der Waals surface area contributed by atoms with Gasteiger partial charge in [-0.05, 0) is 56.7 Å². The molecule has 1 aliphatic carbocycles. The molecule has 114 valence electrons. The van der Waals surface area contributed by atoms with Gasteiger partial charge in [0.15, 0.2) is 0 Å². The lowest BCUT2D eigenvalue weighted by atomic mass is 9.73. The number of aryl methyl sites for hydroxylation is 1. The Kier molecular flexibility index (Phi) is 3.62. The number of aromatic hydroxyl groups is 2. The van der Waals surface area contributed by atoms with Crippen molar-refractivity contribution in [2.75, 3.05) is 0 Å². The average Bonchev–Trinajstić information content (AvgIpc) is 2.45. The first-order chi connectivity index (χ1) is 11.1. The molecule has 2 atom stereocenters. The van der Waals surface area contributed by atoms with Gasteiger partial charge in [0.2, 0.25) is 0 Å². The van der Waals surface area contributed by atoms with E-state index in [1.165, 1.54) is 0 Å². The predicted octanol–water partition coefficient (Wildman–Crippen LogP) is 5.07. The van der Waals surface area contributed by atoms with Crippen LogP contribution in [0.3, 0.4) is 0 Å². The van der Waals surface area contributed by atoms with Crippen LogP contribution in [-0.2, 0) is 6.42 Å². The van der Waals surface area contributed by atoms with Crippen molar-refractivity contribution in [2.45, 2.75) is 52.3 Å². The summed E-state index contributed by atoms with van der Waals surface area (Å²) in [6, 6.07) is 3.34. The zero-order valence-electron chi connectivity index (χ0n) is 15.8. The van der Waals surface area contributed by atoms with Gasteiger partial charge in [0.25, 0.3) is 0 Å². The largest absolute Gasteiger partial charge is 0.507 e. The van der Waals surface area contributed by atoms with E-state index in [0.717, 1.165) is 30.4 Å². The summed E-state index contributed by atoms with van der Waals surface area (Å²) in [6.45, 7) is 5.58. The van der Waals surface area contributed by atoms with Gasteiger partial charge in [-0.1, -0.05) is 37.1 Å². The second kappa shape index (κ2) is 6.38. The van der Waals surface area contributed by atoms with Crippen molar-refractivity contribution in [3.8, 4) is 11.5 Å². The minimum Gasteiger partial charge on any atom is -0.507 e. The molecule has 21 heavy (non-hydrogen) atoms. The first-order valence-electron chi connectivity index (χ1n) is 9.06. The highest BCUT2D eigenvalue weighted by molar-refractivity contribution is 5.51. The lowest BCUT2D eigenvalue weighted by molar-refractivity contribution is 0.406. The van der Waals surface area contributed by atoms with Crippen LogP contribution in [-0.4, -0.2) is 10.2 Å². The fraction of sp³-hybridized carbons (Fsp3) is 0.474. The number of allylic oxidation sites excluding steroid dienone is 3. The molecule has 2 N–H and O–H groups in total. The predicted molar refractivity (Wildman–Crippen MR) is 87.8 cm³/mol. The maximum absolute atomic E-state index is 10.5. The van der Waals surface area contributed by atoms with Crippen molar-refractivity contribution in [3.05, 3.63) is 47.1 Å². The van der Waals surface area contributed by atoms with E-state index in [-0.39, 0.29) is 28.9 Å². The smallest absolute Gasteiger partial charge is 0.123 e.